The van der Waals surface area contributed by atoms with Gasteiger partial charge in [0.1, 0.15) is 0 Å². The van der Waals surface area contributed by atoms with Gasteiger partial charge < -0.3 is 9.88 Å². The van der Waals surface area contributed by atoms with Crippen molar-refractivity contribution in [2.24, 2.45) is 14.1 Å². The van der Waals surface area contributed by atoms with E-state index in [1.807, 2.05) is 11.8 Å². The van der Waals surface area contributed by atoms with Crippen LogP contribution < -0.4 is 16.6 Å². The van der Waals surface area contributed by atoms with Gasteiger partial charge in [-0.25, -0.2) is 13.2 Å². The van der Waals surface area contributed by atoms with Crippen molar-refractivity contribution in [3.63, 3.8) is 0 Å². The van der Waals surface area contributed by atoms with Gasteiger partial charge in [0.25, 0.3) is 5.56 Å². The van der Waals surface area contributed by atoms with Crippen LogP contribution in [0.3, 0.4) is 0 Å². The largest absolute Gasteiger partial charge is 0.352 e. The Morgan fingerprint density at radius 2 is 1.74 bits per heavy atom. The Morgan fingerprint density at radius 3 is 2.30 bits per heavy atom. The molecule has 1 aromatic rings. The third-order valence-electron chi connectivity index (χ3n) is 5.16. The molecule has 1 atom stereocenters. The van der Waals surface area contributed by atoms with Gasteiger partial charge in [0, 0.05) is 52.5 Å². The quantitative estimate of drug-likeness (QED) is 0.616. The lowest BCUT2D eigenvalue weighted by Gasteiger charge is -2.36. The molecule has 0 spiro atoms. The molecule has 10 nitrogen and oxygen atoms in total. The van der Waals surface area contributed by atoms with Crippen molar-refractivity contribution >= 4 is 15.9 Å². The molecule has 0 unspecified atom stereocenters. The molecule has 2 aliphatic rings. The fourth-order valence-corrected chi connectivity index (χ4v) is 4.71. The highest BCUT2D eigenvalue weighted by molar-refractivity contribution is 7.89. The predicted molar refractivity (Wildman–Crippen MR) is 97.9 cm³/mol. The first-order valence-electron chi connectivity index (χ1n) is 8.94. The highest BCUT2D eigenvalue weighted by Crippen LogP contribution is 2.20. The molecule has 0 bridgehead atoms. The van der Waals surface area contributed by atoms with E-state index in [4.69, 9.17) is 0 Å². The number of aromatic nitrogens is 2. The summed E-state index contributed by atoms with van der Waals surface area (Å²) >= 11 is 0. The fraction of sp³-hybridized carbons (Fsp3) is 0.688. The van der Waals surface area contributed by atoms with Crippen molar-refractivity contribution < 1.29 is 13.2 Å². The minimum Gasteiger partial charge on any atom is -0.352 e. The van der Waals surface area contributed by atoms with Crippen LogP contribution in [0.5, 0.6) is 0 Å². The van der Waals surface area contributed by atoms with Crippen LogP contribution in [-0.4, -0.2) is 70.9 Å². The maximum absolute atomic E-state index is 12.9. The second-order valence-electron chi connectivity index (χ2n) is 7.15. The monoisotopic (exact) mass is 399 g/mol. The number of aryl methyl sites for hydroxylation is 1. The molecule has 0 aromatic carbocycles. The van der Waals surface area contributed by atoms with Gasteiger partial charge in [0.05, 0.1) is 6.04 Å². The number of nitrogens with zero attached hydrogens (tertiary/aromatic N) is 4. The van der Waals surface area contributed by atoms with Crippen molar-refractivity contribution in [3.8, 4) is 0 Å². The number of sulfonamides is 1. The molecule has 0 radical (unpaired) electrons. The lowest BCUT2D eigenvalue weighted by Crippen LogP contribution is -2.55. The van der Waals surface area contributed by atoms with E-state index in [0.717, 1.165) is 28.2 Å². The molecule has 1 amide bonds. The molecule has 11 heteroatoms. The molecular weight excluding hydrogens is 374 g/mol. The second-order valence-corrected chi connectivity index (χ2v) is 9.06. The Bertz CT molecular complexity index is 954. The third-order valence-corrected chi connectivity index (χ3v) is 7.04. The van der Waals surface area contributed by atoms with E-state index >= 15 is 0 Å². The zero-order valence-corrected chi connectivity index (χ0v) is 16.5. The maximum atomic E-state index is 12.9. The van der Waals surface area contributed by atoms with Crippen LogP contribution in [0.4, 0.5) is 0 Å². The highest BCUT2D eigenvalue weighted by Gasteiger charge is 2.35. The summed E-state index contributed by atoms with van der Waals surface area (Å²) in [5.74, 6) is -0.0410. The average molecular weight is 399 g/mol. The second kappa shape index (κ2) is 7.21. The first-order valence-corrected chi connectivity index (χ1v) is 10.4. The molecule has 2 fully saturated rings. The van der Waals surface area contributed by atoms with Crippen LogP contribution in [0.2, 0.25) is 0 Å². The smallest absolute Gasteiger partial charge is 0.330 e. The van der Waals surface area contributed by atoms with E-state index < -0.39 is 26.2 Å². The Morgan fingerprint density at radius 1 is 1.15 bits per heavy atom. The van der Waals surface area contributed by atoms with Crippen molar-refractivity contribution in [1.82, 2.24) is 23.7 Å². The summed E-state index contributed by atoms with van der Waals surface area (Å²) in [5.41, 5.74) is -1.42. The summed E-state index contributed by atoms with van der Waals surface area (Å²) in [6.07, 6.45) is 3.09. The van der Waals surface area contributed by atoms with Gasteiger partial charge >= 0.3 is 5.69 Å². The number of carbonyl (C=O) groups excluding carboxylic acids is 1. The Kier molecular flexibility index (Phi) is 5.28. The normalized spacial score (nSPS) is 20.4. The molecule has 1 saturated heterocycles. The zero-order chi connectivity index (χ0) is 19.9. The minimum atomic E-state index is -4.02. The SMILES string of the molecule is C[C@H](C(=O)NC1CC1)N1CCN(S(=O)(=O)c2cn(C)c(=O)n(C)c2=O)CC1. The van der Waals surface area contributed by atoms with E-state index in [2.05, 4.69) is 5.32 Å². The molecule has 1 aliphatic carbocycles. The van der Waals surface area contributed by atoms with Crippen LogP contribution in [0.15, 0.2) is 20.7 Å². The van der Waals surface area contributed by atoms with Gasteiger partial charge in [0.15, 0.2) is 4.90 Å². The molecule has 1 aliphatic heterocycles. The van der Waals surface area contributed by atoms with Crippen molar-refractivity contribution in [1.29, 1.82) is 0 Å². The van der Waals surface area contributed by atoms with Crippen molar-refractivity contribution in [2.45, 2.75) is 36.7 Å². The molecule has 27 heavy (non-hydrogen) atoms. The molecule has 3 rings (SSSR count). The third kappa shape index (κ3) is 3.85. The number of amides is 1. The van der Waals surface area contributed by atoms with Crippen LogP contribution in [0, 0.1) is 0 Å². The lowest BCUT2D eigenvalue weighted by molar-refractivity contribution is -0.126. The molecule has 1 N–H and O–H groups in total. The van der Waals surface area contributed by atoms with E-state index in [9.17, 15) is 22.8 Å². The lowest BCUT2D eigenvalue weighted by atomic mass is 10.2. The van der Waals surface area contributed by atoms with Gasteiger partial charge in [-0.1, -0.05) is 0 Å². The van der Waals surface area contributed by atoms with Crippen LogP contribution >= 0.6 is 0 Å². The number of rotatable bonds is 5. The van der Waals surface area contributed by atoms with Crippen LogP contribution in [0.25, 0.3) is 0 Å². The summed E-state index contributed by atoms with van der Waals surface area (Å²) in [6.45, 7) is 2.95. The van der Waals surface area contributed by atoms with Crippen LogP contribution in [-0.2, 0) is 28.9 Å². The minimum absolute atomic E-state index is 0.0410. The standard InChI is InChI=1S/C16H25N5O5S/c1-11(14(22)17-12-4-5-12)20-6-8-21(9-7-20)27(25,26)13-10-18(2)16(24)19(3)15(13)23/h10-12H,4-9H2,1-3H3,(H,17,22)/t11-/m1/s1. The highest BCUT2D eigenvalue weighted by atomic mass is 32.2. The Hall–Kier alpha value is -1.98. The Balaban J connectivity index is 1.72. The van der Waals surface area contributed by atoms with Gasteiger partial charge in [-0.2, -0.15) is 4.31 Å². The number of hydrogen-bond acceptors (Lipinski definition) is 6. The van der Waals surface area contributed by atoms with E-state index in [0.29, 0.717) is 13.1 Å². The summed E-state index contributed by atoms with van der Waals surface area (Å²) < 4.78 is 28.9. The van der Waals surface area contributed by atoms with Gasteiger partial charge in [-0.3, -0.25) is 19.1 Å². The van der Waals surface area contributed by atoms with E-state index in [1.165, 1.54) is 18.4 Å². The zero-order valence-electron chi connectivity index (χ0n) is 15.7. The van der Waals surface area contributed by atoms with Gasteiger partial charge in [0.2, 0.25) is 15.9 Å². The molecule has 1 aromatic heterocycles. The van der Waals surface area contributed by atoms with Crippen molar-refractivity contribution in [2.75, 3.05) is 26.2 Å². The topological polar surface area (TPSA) is 114 Å². The van der Waals surface area contributed by atoms with Gasteiger partial charge in [-0.15, -0.1) is 0 Å². The fourth-order valence-electron chi connectivity index (χ4n) is 3.14. The summed E-state index contributed by atoms with van der Waals surface area (Å²) in [4.78, 5) is 37.8. The predicted octanol–water partition coefficient (Wildman–Crippen LogP) is -1.94. The van der Waals surface area contributed by atoms with Crippen molar-refractivity contribution in [3.05, 3.63) is 27.0 Å². The first-order chi connectivity index (χ1) is 12.6. The summed E-state index contributed by atoms with van der Waals surface area (Å²) in [6, 6.07) is -0.0524. The first kappa shape index (κ1) is 19.8. The average Bonchev–Trinajstić information content (AvgIpc) is 3.46. The number of nitrogens with one attached hydrogen (secondary N) is 1. The maximum Gasteiger partial charge on any atom is 0.330 e. The molecule has 150 valence electrons. The molecule has 2 heterocycles. The number of hydrogen-bond donors (Lipinski definition) is 1. The van der Waals surface area contributed by atoms with E-state index in [1.54, 1.807) is 0 Å². The number of carbonyl (C=O) groups is 1. The number of piperazine rings is 1. The molecule has 1 saturated carbocycles. The summed E-state index contributed by atoms with van der Waals surface area (Å²) in [5, 5.41) is 2.95. The molecular formula is C16H25N5O5S. The van der Waals surface area contributed by atoms with E-state index in [-0.39, 0.29) is 31.1 Å². The van der Waals surface area contributed by atoms with Crippen LogP contribution in [0.1, 0.15) is 19.8 Å². The van der Waals surface area contributed by atoms with Gasteiger partial charge in [-0.05, 0) is 19.8 Å². The Labute approximate surface area is 157 Å². The summed E-state index contributed by atoms with van der Waals surface area (Å²) in [7, 11) is -1.37.